The largest absolute Gasteiger partial charge is 0.313 e. The summed E-state index contributed by atoms with van der Waals surface area (Å²) in [4.78, 5) is 15.0. The van der Waals surface area contributed by atoms with Crippen LogP contribution < -0.4 is 5.32 Å². The molecule has 0 aliphatic carbocycles. The standard InChI is InChI=1S/C8H10N2O/c1-9-6-8(11)7-2-4-10-5-3-7/h2-5,9H,6H2,1H3. The van der Waals surface area contributed by atoms with Crippen molar-refractivity contribution in [2.24, 2.45) is 0 Å². The van der Waals surface area contributed by atoms with Gasteiger partial charge in [-0.15, -0.1) is 0 Å². The van der Waals surface area contributed by atoms with Crippen molar-refractivity contribution in [3.63, 3.8) is 0 Å². The number of carbonyl (C=O) groups excluding carboxylic acids is 1. The number of aromatic nitrogens is 1. The summed E-state index contributed by atoms with van der Waals surface area (Å²) in [5, 5.41) is 2.80. The van der Waals surface area contributed by atoms with E-state index >= 15 is 0 Å². The van der Waals surface area contributed by atoms with Gasteiger partial charge in [-0.25, -0.2) is 0 Å². The second-order valence-electron chi connectivity index (χ2n) is 2.19. The maximum Gasteiger partial charge on any atom is 0.176 e. The van der Waals surface area contributed by atoms with Crippen molar-refractivity contribution in [1.29, 1.82) is 0 Å². The van der Waals surface area contributed by atoms with Crippen LogP contribution in [-0.2, 0) is 0 Å². The fourth-order valence-corrected chi connectivity index (χ4v) is 0.800. The van der Waals surface area contributed by atoms with E-state index in [0.717, 1.165) is 0 Å². The topological polar surface area (TPSA) is 42.0 Å². The molecule has 0 saturated carbocycles. The molecule has 58 valence electrons. The van der Waals surface area contributed by atoms with Crippen molar-refractivity contribution in [3.8, 4) is 0 Å². The predicted molar refractivity (Wildman–Crippen MR) is 42.5 cm³/mol. The molecule has 0 aliphatic heterocycles. The number of carbonyl (C=O) groups is 1. The van der Waals surface area contributed by atoms with Gasteiger partial charge in [0.15, 0.2) is 5.78 Å². The van der Waals surface area contributed by atoms with Crippen molar-refractivity contribution in [2.45, 2.75) is 0 Å². The number of Topliss-reactive ketones (excluding diaryl/α,β-unsaturated/α-hetero) is 1. The fraction of sp³-hybridized carbons (Fsp3) is 0.250. The van der Waals surface area contributed by atoms with Crippen LogP contribution in [0.5, 0.6) is 0 Å². The molecule has 0 unspecified atom stereocenters. The quantitative estimate of drug-likeness (QED) is 0.637. The lowest BCUT2D eigenvalue weighted by atomic mass is 10.2. The molecule has 0 amide bonds. The summed E-state index contributed by atoms with van der Waals surface area (Å²) in [5.74, 6) is 0.0925. The van der Waals surface area contributed by atoms with Crippen LogP contribution >= 0.6 is 0 Å². The van der Waals surface area contributed by atoms with Gasteiger partial charge >= 0.3 is 0 Å². The van der Waals surface area contributed by atoms with Crippen LogP contribution in [0.2, 0.25) is 0 Å². The third-order valence-electron chi connectivity index (χ3n) is 1.34. The lowest BCUT2D eigenvalue weighted by Crippen LogP contribution is -2.18. The van der Waals surface area contributed by atoms with E-state index in [1.54, 1.807) is 31.6 Å². The Balaban J connectivity index is 2.69. The molecule has 0 spiro atoms. The van der Waals surface area contributed by atoms with E-state index in [1.165, 1.54) is 0 Å². The molecular weight excluding hydrogens is 140 g/mol. The van der Waals surface area contributed by atoms with Crippen LogP contribution in [0.15, 0.2) is 24.5 Å². The SMILES string of the molecule is CNCC(=O)c1ccncc1. The first-order chi connectivity index (χ1) is 5.34. The van der Waals surface area contributed by atoms with Gasteiger partial charge in [-0.3, -0.25) is 9.78 Å². The average molecular weight is 150 g/mol. The van der Waals surface area contributed by atoms with E-state index in [4.69, 9.17) is 0 Å². The molecule has 0 saturated heterocycles. The zero-order valence-electron chi connectivity index (χ0n) is 6.37. The highest BCUT2D eigenvalue weighted by atomic mass is 16.1. The first-order valence-electron chi connectivity index (χ1n) is 3.42. The van der Waals surface area contributed by atoms with E-state index in [1.807, 2.05) is 0 Å². The van der Waals surface area contributed by atoms with Gasteiger partial charge in [0.2, 0.25) is 0 Å². The van der Waals surface area contributed by atoms with E-state index in [9.17, 15) is 4.79 Å². The fourth-order valence-electron chi connectivity index (χ4n) is 0.800. The molecule has 3 nitrogen and oxygen atoms in total. The van der Waals surface area contributed by atoms with Crippen LogP contribution in [0.4, 0.5) is 0 Å². The Hall–Kier alpha value is -1.22. The first-order valence-corrected chi connectivity index (χ1v) is 3.42. The number of likely N-dealkylation sites (N-methyl/N-ethyl adjacent to an activating group) is 1. The van der Waals surface area contributed by atoms with E-state index in [0.29, 0.717) is 12.1 Å². The van der Waals surface area contributed by atoms with Gasteiger partial charge in [-0.1, -0.05) is 0 Å². The Morgan fingerprint density at radius 1 is 1.55 bits per heavy atom. The second kappa shape index (κ2) is 3.83. The number of nitrogens with zero attached hydrogens (tertiary/aromatic N) is 1. The zero-order valence-corrected chi connectivity index (χ0v) is 6.37. The third-order valence-corrected chi connectivity index (χ3v) is 1.34. The number of hydrogen-bond acceptors (Lipinski definition) is 3. The number of ketones is 1. The molecule has 1 N–H and O–H groups in total. The van der Waals surface area contributed by atoms with Crippen molar-refractivity contribution < 1.29 is 4.79 Å². The van der Waals surface area contributed by atoms with Gasteiger partial charge < -0.3 is 5.32 Å². The molecule has 1 aromatic heterocycles. The maximum atomic E-state index is 11.2. The Morgan fingerprint density at radius 2 is 2.18 bits per heavy atom. The summed E-state index contributed by atoms with van der Waals surface area (Å²) in [7, 11) is 1.75. The zero-order chi connectivity index (χ0) is 8.10. The monoisotopic (exact) mass is 150 g/mol. The van der Waals surface area contributed by atoms with Gasteiger partial charge in [0.1, 0.15) is 0 Å². The third kappa shape index (κ3) is 2.13. The molecular formula is C8H10N2O. The minimum absolute atomic E-state index is 0.0925. The molecule has 0 atom stereocenters. The number of pyridine rings is 1. The van der Waals surface area contributed by atoms with Crippen LogP contribution in [0.1, 0.15) is 10.4 Å². The molecule has 3 heteroatoms. The summed E-state index contributed by atoms with van der Waals surface area (Å²) in [6.45, 7) is 0.379. The Bertz CT molecular complexity index is 233. The van der Waals surface area contributed by atoms with Crippen molar-refractivity contribution in [2.75, 3.05) is 13.6 Å². The van der Waals surface area contributed by atoms with Gasteiger partial charge in [-0.05, 0) is 19.2 Å². The number of hydrogen-bond donors (Lipinski definition) is 1. The van der Waals surface area contributed by atoms with Gasteiger partial charge in [-0.2, -0.15) is 0 Å². The minimum Gasteiger partial charge on any atom is -0.313 e. The molecule has 11 heavy (non-hydrogen) atoms. The summed E-state index contributed by atoms with van der Waals surface area (Å²) >= 11 is 0. The van der Waals surface area contributed by atoms with E-state index in [-0.39, 0.29) is 5.78 Å². The minimum atomic E-state index is 0.0925. The van der Waals surface area contributed by atoms with Crippen molar-refractivity contribution in [1.82, 2.24) is 10.3 Å². The average Bonchev–Trinajstić information content (AvgIpc) is 2.07. The van der Waals surface area contributed by atoms with Crippen LogP contribution in [0.3, 0.4) is 0 Å². The summed E-state index contributed by atoms with van der Waals surface area (Å²) in [6, 6.07) is 3.42. The lowest BCUT2D eigenvalue weighted by molar-refractivity contribution is 0.0993. The second-order valence-corrected chi connectivity index (χ2v) is 2.19. The van der Waals surface area contributed by atoms with Gasteiger partial charge in [0, 0.05) is 18.0 Å². The first kappa shape index (κ1) is 7.88. The van der Waals surface area contributed by atoms with Gasteiger partial charge in [0.25, 0.3) is 0 Å². The molecule has 0 aromatic carbocycles. The molecule has 1 heterocycles. The summed E-state index contributed by atoms with van der Waals surface area (Å²) < 4.78 is 0. The van der Waals surface area contributed by atoms with Crippen molar-refractivity contribution in [3.05, 3.63) is 30.1 Å². The molecule has 1 aromatic rings. The molecule has 0 radical (unpaired) electrons. The smallest absolute Gasteiger partial charge is 0.176 e. The predicted octanol–water partition coefficient (Wildman–Crippen LogP) is 0.484. The Kier molecular flexibility index (Phi) is 2.74. The molecule has 0 aliphatic rings. The lowest BCUT2D eigenvalue weighted by Gasteiger charge is -1.97. The highest BCUT2D eigenvalue weighted by Crippen LogP contribution is 1.95. The highest BCUT2D eigenvalue weighted by molar-refractivity contribution is 5.97. The molecule has 0 fully saturated rings. The molecule has 1 rings (SSSR count). The van der Waals surface area contributed by atoms with E-state index in [2.05, 4.69) is 10.3 Å². The van der Waals surface area contributed by atoms with Gasteiger partial charge in [0.05, 0.1) is 6.54 Å². The normalized spacial score (nSPS) is 9.55. The number of nitrogens with one attached hydrogen (secondary N) is 1. The van der Waals surface area contributed by atoms with Crippen molar-refractivity contribution >= 4 is 5.78 Å². The Labute approximate surface area is 65.5 Å². The maximum absolute atomic E-state index is 11.2. The Morgan fingerprint density at radius 3 is 2.73 bits per heavy atom. The number of rotatable bonds is 3. The van der Waals surface area contributed by atoms with Crippen LogP contribution in [0, 0.1) is 0 Å². The molecule has 0 bridgehead atoms. The highest BCUT2D eigenvalue weighted by Gasteiger charge is 2.01. The van der Waals surface area contributed by atoms with Crippen LogP contribution in [-0.4, -0.2) is 24.4 Å². The summed E-state index contributed by atoms with van der Waals surface area (Å²) in [6.07, 6.45) is 3.23. The van der Waals surface area contributed by atoms with Crippen LogP contribution in [0.25, 0.3) is 0 Å². The van der Waals surface area contributed by atoms with E-state index < -0.39 is 0 Å². The summed E-state index contributed by atoms with van der Waals surface area (Å²) in [5.41, 5.74) is 0.703.